The first-order valence-electron chi connectivity index (χ1n) is 5.15. The second-order valence-electron chi connectivity index (χ2n) is 3.55. The van der Waals surface area contributed by atoms with Crippen molar-refractivity contribution in [3.05, 3.63) is 23.8 Å². The lowest BCUT2D eigenvalue weighted by molar-refractivity contribution is 0.0696. The lowest BCUT2D eigenvalue weighted by Crippen LogP contribution is -2.18. The van der Waals surface area contributed by atoms with Crippen molar-refractivity contribution in [2.75, 3.05) is 20.8 Å². The van der Waals surface area contributed by atoms with Crippen molar-refractivity contribution in [2.24, 2.45) is 0 Å². The van der Waals surface area contributed by atoms with Gasteiger partial charge in [-0.3, -0.25) is 0 Å². The molecule has 94 valence electrons. The summed E-state index contributed by atoms with van der Waals surface area (Å²) in [5.41, 5.74) is 0.161. The molecule has 0 radical (unpaired) electrons. The predicted molar refractivity (Wildman–Crippen MR) is 61.9 cm³/mol. The Hall–Kier alpha value is -1.75. The molecule has 0 saturated carbocycles. The number of carbonyl (C=O) groups is 1. The fourth-order valence-electron chi connectivity index (χ4n) is 1.38. The molecule has 0 spiro atoms. The second kappa shape index (κ2) is 6.10. The van der Waals surface area contributed by atoms with Gasteiger partial charge in [-0.2, -0.15) is 0 Å². The topological polar surface area (TPSA) is 65.0 Å². The first-order chi connectivity index (χ1) is 8.08. The van der Waals surface area contributed by atoms with Gasteiger partial charge in [-0.15, -0.1) is 0 Å². The van der Waals surface area contributed by atoms with Gasteiger partial charge < -0.3 is 19.3 Å². The molecule has 0 saturated heterocycles. The minimum atomic E-state index is -1.00. The lowest BCUT2D eigenvalue weighted by Gasteiger charge is -2.16. The molecule has 0 amide bonds. The van der Waals surface area contributed by atoms with Gasteiger partial charge >= 0.3 is 5.97 Å². The van der Waals surface area contributed by atoms with Crippen molar-refractivity contribution >= 4 is 5.97 Å². The van der Waals surface area contributed by atoms with Gasteiger partial charge in [0.1, 0.15) is 6.10 Å². The minimum Gasteiger partial charge on any atom is -0.493 e. The summed E-state index contributed by atoms with van der Waals surface area (Å²) in [5.74, 6) is -0.102. The molecule has 1 atom stereocenters. The van der Waals surface area contributed by atoms with Crippen LogP contribution < -0.4 is 9.47 Å². The maximum atomic E-state index is 10.8. The number of ether oxygens (including phenoxy) is 3. The van der Waals surface area contributed by atoms with Gasteiger partial charge in [-0.1, -0.05) is 0 Å². The van der Waals surface area contributed by atoms with Crippen molar-refractivity contribution in [1.82, 2.24) is 0 Å². The third-order valence-corrected chi connectivity index (χ3v) is 2.14. The number of aromatic carboxylic acids is 1. The van der Waals surface area contributed by atoms with E-state index in [1.54, 1.807) is 13.2 Å². The first kappa shape index (κ1) is 13.3. The Labute approximate surface area is 99.9 Å². The van der Waals surface area contributed by atoms with Gasteiger partial charge in [-0.05, 0) is 25.1 Å². The molecule has 0 fully saturated rings. The molecule has 1 aromatic carbocycles. The maximum absolute atomic E-state index is 10.8. The van der Waals surface area contributed by atoms with Crippen LogP contribution in [0.3, 0.4) is 0 Å². The maximum Gasteiger partial charge on any atom is 0.335 e. The Morgan fingerprint density at radius 1 is 1.35 bits per heavy atom. The fourth-order valence-corrected chi connectivity index (χ4v) is 1.38. The Morgan fingerprint density at radius 2 is 2.06 bits per heavy atom. The molecule has 0 aliphatic carbocycles. The summed E-state index contributed by atoms with van der Waals surface area (Å²) in [6.45, 7) is 2.30. The average molecular weight is 240 g/mol. The molecule has 5 heteroatoms. The standard InChI is InChI=1S/C12H16O5/c1-8(7-15-2)17-10-5-4-9(12(13)14)6-11(10)16-3/h4-6,8H,7H2,1-3H3,(H,13,14)/t8-/m1/s1. The fraction of sp³-hybridized carbons (Fsp3) is 0.417. The van der Waals surface area contributed by atoms with Crippen LogP contribution in [0.5, 0.6) is 11.5 Å². The molecule has 0 aliphatic heterocycles. The molecule has 0 aromatic heterocycles. The number of hydrogen-bond acceptors (Lipinski definition) is 4. The highest BCUT2D eigenvalue weighted by molar-refractivity contribution is 5.88. The first-order valence-corrected chi connectivity index (χ1v) is 5.15. The number of methoxy groups -OCH3 is 2. The Kier molecular flexibility index (Phi) is 4.78. The molecule has 17 heavy (non-hydrogen) atoms. The van der Waals surface area contributed by atoms with Gasteiger partial charge in [-0.25, -0.2) is 4.79 Å². The van der Waals surface area contributed by atoms with E-state index in [-0.39, 0.29) is 11.7 Å². The van der Waals surface area contributed by atoms with Gasteiger partial charge in [0.05, 0.1) is 19.3 Å². The molecule has 1 aromatic rings. The van der Waals surface area contributed by atoms with E-state index in [9.17, 15) is 4.79 Å². The van der Waals surface area contributed by atoms with E-state index in [4.69, 9.17) is 19.3 Å². The Balaban J connectivity index is 2.88. The summed E-state index contributed by atoms with van der Waals surface area (Å²) in [5, 5.41) is 8.85. The van der Waals surface area contributed by atoms with Crippen LogP contribution in [0.1, 0.15) is 17.3 Å². The van der Waals surface area contributed by atoms with Crippen molar-refractivity contribution in [1.29, 1.82) is 0 Å². The van der Waals surface area contributed by atoms with Gasteiger partial charge in [0.2, 0.25) is 0 Å². The third kappa shape index (κ3) is 3.64. The smallest absolute Gasteiger partial charge is 0.335 e. The summed E-state index contributed by atoms with van der Waals surface area (Å²) < 4.78 is 15.6. The van der Waals surface area contributed by atoms with E-state index in [2.05, 4.69) is 0 Å². The zero-order valence-corrected chi connectivity index (χ0v) is 10.1. The van der Waals surface area contributed by atoms with Gasteiger partial charge in [0, 0.05) is 7.11 Å². The van der Waals surface area contributed by atoms with E-state index >= 15 is 0 Å². The van der Waals surface area contributed by atoms with E-state index in [1.807, 2.05) is 6.92 Å². The van der Waals surface area contributed by atoms with Crippen molar-refractivity contribution < 1.29 is 24.1 Å². The Bertz CT molecular complexity index is 388. The van der Waals surface area contributed by atoms with Crippen LogP contribution in [0.4, 0.5) is 0 Å². The molecule has 0 aliphatic rings. The summed E-state index contributed by atoms with van der Waals surface area (Å²) >= 11 is 0. The van der Waals surface area contributed by atoms with Gasteiger partial charge in [0.15, 0.2) is 11.5 Å². The normalized spacial score (nSPS) is 11.9. The van der Waals surface area contributed by atoms with Crippen molar-refractivity contribution in [3.8, 4) is 11.5 Å². The summed E-state index contributed by atoms with van der Waals surface area (Å²) in [6.07, 6.45) is -0.135. The SMILES string of the molecule is COC[C@@H](C)Oc1ccc(C(=O)O)cc1OC. The highest BCUT2D eigenvalue weighted by Crippen LogP contribution is 2.28. The van der Waals surface area contributed by atoms with Gasteiger partial charge in [0.25, 0.3) is 0 Å². The highest BCUT2D eigenvalue weighted by Gasteiger charge is 2.12. The quantitative estimate of drug-likeness (QED) is 0.821. The van der Waals surface area contributed by atoms with Crippen LogP contribution in [0.25, 0.3) is 0 Å². The van der Waals surface area contributed by atoms with E-state index in [0.29, 0.717) is 18.1 Å². The van der Waals surface area contributed by atoms with Crippen LogP contribution in [0, 0.1) is 0 Å². The van der Waals surface area contributed by atoms with E-state index in [0.717, 1.165) is 0 Å². The lowest BCUT2D eigenvalue weighted by atomic mass is 10.2. The van der Waals surface area contributed by atoms with E-state index < -0.39 is 5.97 Å². The summed E-state index contributed by atoms with van der Waals surface area (Å²) in [6, 6.07) is 4.48. The number of benzene rings is 1. The predicted octanol–water partition coefficient (Wildman–Crippen LogP) is 1.81. The molecule has 0 bridgehead atoms. The second-order valence-corrected chi connectivity index (χ2v) is 3.55. The molecule has 1 N–H and O–H groups in total. The number of rotatable bonds is 6. The summed E-state index contributed by atoms with van der Waals surface area (Å²) in [7, 11) is 3.05. The van der Waals surface area contributed by atoms with Crippen LogP contribution in [0.15, 0.2) is 18.2 Å². The average Bonchev–Trinajstić information content (AvgIpc) is 2.29. The molecular formula is C12H16O5. The number of hydrogen-bond donors (Lipinski definition) is 1. The molecule has 0 unspecified atom stereocenters. The van der Waals surface area contributed by atoms with Crippen LogP contribution in [-0.2, 0) is 4.74 Å². The van der Waals surface area contributed by atoms with Crippen LogP contribution >= 0.6 is 0 Å². The Morgan fingerprint density at radius 3 is 2.59 bits per heavy atom. The highest BCUT2D eigenvalue weighted by atomic mass is 16.5. The molecule has 1 rings (SSSR count). The molecule has 5 nitrogen and oxygen atoms in total. The largest absolute Gasteiger partial charge is 0.493 e. The monoisotopic (exact) mass is 240 g/mol. The minimum absolute atomic E-state index is 0.135. The third-order valence-electron chi connectivity index (χ3n) is 2.14. The number of carboxylic acid groups (broad SMARTS) is 1. The zero-order valence-electron chi connectivity index (χ0n) is 10.1. The van der Waals surface area contributed by atoms with Crippen molar-refractivity contribution in [2.45, 2.75) is 13.0 Å². The zero-order chi connectivity index (χ0) is 12.8. The summed E-state index contributed by atoms with van der Waals surface area (Å²) in [4.78, 5) is 10.8. The molecular weight excluding hydrogens is 224 g/mol. The van der Waals surface area contributed by atoms with E-state index in [1.165, 1.54) is 19.2 Å². The van der Waals surface area contributed by atoms with Crippen molar-refractivity contribution in [3.63, 3.8) is 0 Å². The van der Waals surface area contributed by atoms with Crippen LogP contribution in [-0.4, -0.2) is 38.0 Å². The number of carboxylic acids is 1. The molecule has 0 heterocycles. The van der Waals surface area contributed by atoms with Crippen LogP contribution in [0.2, 0.25) is 0 Å².